The first-order valence-corrected chi connectivity index (χ1v) is 8.11. The summed E-state index contributed by atoms with van der Waals surface area (Å²) in [6.07, 6.45) is 1.60. The number of halogens is 1. The Morgan fingerprint density at radius 1 is 1.35 bits per heavy atom. The van der Waals surface area contributed by atoms with Crippen LogP contribution in [0.1, 0.15) is 33.1 Å². The van der Waals surface area contributed by atoms with E-state index in [2.05, 4.69) is 0 Å². The van der Waals surface area contributed by atoms with Crippen LogP contribution in [-0.2, 0) is 9.59 Å². The Balaban J connectivity index is 1.95. The molecule has 0 atom stereocenters. The quantitative estimate of drug-likeness (QED) is 0.894. The molecule has 1 amide bonds. The molecule has 0 saturated carbocycles. The summed E-state index contributed by atoms with van der Waals surface area (Å²) in [7, 11) is 0. The second-order valence-electron chi connectivity index (χ2n) is 6.40. The number of carbonyl (C=O) groups excluding carboxylic acids is 1. The van der Waals surface area contributed by atoms with Gasteiger partial charge in [-0.2, -0.15) is 0 Å². The van der Waals surface area contributed by atoms with Crippen molar-refractivity contribution in [1.82, 2.24) is 4.90 Å². The lowest BCUT2D eigenvalue weighted by Gasteiger charge is -2.36. The number of amides is 1. The van der Waals surface area contributed by atoms with E-state index in [1.165, 1.54) is 0 Å². The van der Waals surface area contributed by atoms with Crippen molar-refractivity contribution in [3.8, 4) is 5.75 Å². The number of likely N-dealkylation sites (tertiary alicyclic amines) is 1. The molecule has 0 spiro atoms. The highest BCUT2D eigenvalue weighted by molar-refractivity contribution is 6.30. The molecule has 0 bridgehead atoms. The van der Waals surface area contributed by atoms with E-state index < -0.39 is 11.6 Å². The summed E-state index contributed by atoms with van der Waals surface area (Å²) in [6.45, 7) is 4.61. The lowest BCUT2D eigenvalue weighted by Crippen LogP contribution is -2.51. The summed E-state index contributed by atoms with van der Waals surface area (Å²) in [5.41, 5.74) is -0.996. The lowest BCUT2D eigenvalue weighted by molar-refractivity contribution is -0.147. The maximum absolute atomic E-state index is 12.7. The first kappa shape index (κ1) is 17.6. The van der Waals surface area contributed by atoms with E-state index >= 15 is 0 Å². The van der Waals surface area contributed by atoms with Gasteiger partial charge in [-0.25, -0.2) is 0 Å². The highest BCUT2D eigenvalue weighted by Gasteiger charge is 2.36. The van der Waals surface area contributed by atoms with E-state index in [9.17, 15) is 9.59 Å². The van der Waals surface area contributed by atoms with Crippen molar-refractivity contribution in [2.24, 2.45) is 5.92 Å². The minimum absolute atomic E-state index is 0.0914. The maximum Gasteiger partial charge on any atom is 0.303 e. The van der Waals surface area contributed by atoms with E-state index in [0.717, 1.165) is 0 Å². The molecule has 23 heavy (non-hydrogen) atoms. The van der Waals surface area contributed by atoms with Crippen LogP contribution in [0.2, 0.25) is 5.02 Å². The molecule has 1 heterocycles. The molecule has 5 nitrogen and oxygen atoms in total. The summed E-state index contributed by atoms with van der Waals surface area (Å²) in [5.74, 6) is -0.171. The first-order chi connectivity index (χ1) is 10.8. The van der Waals surface area contributed by atoms with Crippen LogP contribution < -0.4 is 4.74 Å². The summed E-state index contributed by atoms with van der Waals surface area (Å²) < 4.78 is 5.82. The predicted molar refractivity (Wildman–Crippen MR) is 87.7 cm³/mol. The van der Waals surface area contributed by atoms with Crippen molar-refractivity contribution in [2.45, 2.75) is 38.7 Å². The summed E-state index contributed by atoms with van der Waals surface area (Å²) in [4.78, 5) is 25.2. The van der Waals surface area contributed by atoms with Gasteiger partial charge in [0.1, 0.15) is 5.75 Å². The van der Waals surface area contributed by atoms with Crippen molar-refractivity contribution < 1.29 is 19.4 Å². The molecule has 6 heteroatoms. The number of hydrogen-bond acceptors (Lipinski definition) is 3. The highest BCUT2D eigenvalue weighted by Crippen LogP contribution is 2.26. The van der Waals surface area contributed by atoms with Crippen molar-refractivity contribution in [3.63, 3.8) is 0 Å². The molecule has 0 unspecified atom stereocenters. The molecule has 1 aliphatic rings. The van der Waals surface area contributed by atoms with Crippen molar-refractivity contribution >= 4 is 23.5 Å². The van der Waals surface area contributed by atoms with Crippen LogP contribution >= 0.6 is 11.6 Å². The Kier molecular flexibility index (Phi) is 5.52. The molecular formula is C17H22ClNO4. The van der Waals surface area contributed by atoms with E-state index in [-0.39, 0.29) is 18.2 Å². The SMILES string of the molecule is CC(C)(Oc1cccc(Cl)c1)C(=O)N1CCC(CC(=O)O)CC1. The molecule has 0 aliphatic carbocycles. The van der Waals surface area contributed by atoms with E-state index in [0.29, 0.717) is 36.7 Å². The summed E-state index contributed by atoms with van der Waals surface area (Å²) in [6, 6.07) is 6.96. The normalized spacial score (nSPS) is 16.2. The number of carboxylic acids is 1. The Bertz CT molecular complexity index is 580. The number of nitrogens with zero attached hydrogens (tertiary/aromatic N) is 1. The number of benzene rings is 1. The predicted octanol–water partition coefficient (Wildman–Crippen LogP) is 3.21. The van der Waals surface area contributed by atoms with Gasteiger partial charge in [-0.05, 0) is 50.8 Å². The van der Waals surface area contributed by atoms with Gasteiger partial charge in [0.15, 0.2) is 5.60 Å². The van der Waals surface area contributed by atoms with Gasteiger partial charge in [0.25, 0.3) is 5.91 Å². The van der Waals surface area contributed by atoms with Crippen molar-refractivity contribution in [3.05, 3.63) is 29.3 Å². The van der Waals surface area contributed by atoms with Crippen LogP contribution in [0, 0.1) is 5.92 Å². The largest absolute Gasteiger partial charge is 0.481 e. The van der Waals surface area contributed by atoms with E-state index in [1.807, 2.05) is 0 Å². The minimum Gasteiger partial charge on any atom is -0.481 e. The molecule has 1 N–H and O–H groups in total. The molecule has 2 rings (SSSR count). The first-order valence-electron chi connectivity index (χ1n) is 7.73. The van der Waals surface area contributed by atoms with Crippen molar-refractivity contribution in [1.29, 1.82) is 0 Å². The Labute approximate surface area is 141 Å². The van der Waals surface area contributed by atoms with E-state index in [4.69, 9.17) is 21.4 Å². The number of hydrogen-bond donors (Lipinski definition) is 1. The van der Waals surface area contributed by atoms with Crippen LogP contribution in [-0.4, -0.2) is 40.6 Å². The standard InChI is InChI=1S/C17H22ClNO4/c1-17(2,23-14-5-3-4-13(18)11-14)16(22)19-8-6-12(7-9-19)10-15(20)21/h3-5,11-12H,6-10H2,1-2H3,(H,20,21). The topological polar surface area (TPSA) is 66.8 Å². The molecule has 1 fully saturated rings. The number of aliphatic carboxylic acids is 1. The number of carboxylic acid groups (broad SMARTS) is 1. The molecule has 1 aromatic rings. The van der Waals surface area contributed by atoms with Gasteiger partial charge in [0.2, 0.25) is 0 Å². The fraction of sp³-hybridized carbons (Fsp3) is 0.529. The molecule has 0 radical (unpaired) electrons. The third kappa shape index (κ3) is 4.86. The third-order valence-electron chi connectivity index (χ3n) is 4.05. The maximum atomic E-state index is 12.7. The second kappa shape index (κ2) is 7.21. The Morgan fingerprint density at radius 2 is 2.00 bits per heavy atom. The summed E-state index contributed by atoms with van der Waals surface area (Å²) >= 11 is 5.94. The third-order valence-corrected chi connectivity index (χ3v) is 4.28. The monoisotopic (exact) mass is 339 g/mol. The lowest BCUT2D eigenvalue weighted by atomic mass is 9.92. The smallest absolute Gasteiger partial charge is 0.303 e. The average Bonchev–Trinajstić information content (AvgIpc) is 2.46. The molecule has 0 aromatic heterocycles. The zero-order valence-corrected chi connectivity index (χ0v) is 14.2. The van der Waals surface area contributed by atoms with Gasteiger partial charge in [-0.15, -0.1) is 0 Å². The van der Waals surface area contributed by atoms with Crippen LogP contribution in [0.3, 0.4) is 0 Å². The average molecular weight is 340 g/mol. The van der Waals surface area contributed by atoms with Gasteiger partial charge < -0.3 is 14.7 Å². The van der Waals surface area contributed by atoms with E-state index in [1.54, 1.807) is 43.0 Å². The van der Waals surface area contributed by atoms with Gasteiger partial charge in [-0.3, -0.25) is 9.59 Å². The van der Waals surface area contributed by atoms with Crippen LogP contribution in [0.15, 0.2) is 24.3 Å². The number of carbonyl (C=O) groups is 2. The van der Waals surface area contributed by atoms with Gasteiger partial charge >= 0.3 is 5.97 Å². The van der Waals surface area contributed by atoms with Crippen LogP contribution in [0.25, 0.3) is 0 Å². The number of ether oxygens (including phenoxy) is 1. The van der Waals surface area contributed by atoms with Gasteiger partial charge in [-0.1, -0.05) is 17.7 Å². The summed E-state index contributed by atoms with van der Waals surface area (Å²) in [5, 5.41) is 9.40. The van der Waals surface area contributed by atoms with Crippen LogP contribution in [0.5, 0.6) is 5.75 Å². The second-order valence-corrected chi connectivity index (χ2v) is 6.84. The molecule has 126 valence electrons. The van der Waals surface area contributed by atoms with Gasteiger partial charge in [0.05, 0.1) is 0 Å². The molecule has 1 aromatic carbocycles. The Hall–Kier alpha value is -1.75. The fourth-order valence-electron chi connectivity index (χ4n) is 2.84. The molecule has 1 aliphatic heterocycles. The van der Waals surface area contributed by atoms with Crippen LogP contribution in [0.4, 0.5) is 0 Å². The fourth-order valence-corrected chi connectivity index (χ4v) is 3.02. The van der Waals surface area contributed by atoms with Gasteiger partial charge in [0, 0.05) is 24.5 Å². The molecule has 1 saturated heterocycles. The number of piperidine rings is 1. The number of rotatable bonds is 5. The highest BCUT2D eigenvalue weighted by atomic mass is 35.5. The molecular weight excluding hydrogens is 318 g/mol. The zero-order valence-electron chi connectivity index (χ0n) is 13.4. The zero-order chi connectivity index (χ0) is 17.0. The Morgan fingerprint density at radius 3 is 2.57 bits per heavy atom. The van der Waals surface area contributed by atoms with Crippen molar-refractivity contribution in [2.75, 3.05) is 13.1 Å². The minimum atomic E-state index is -0.996.